The Kier molecular flexibility index (Phi) is 4.65. The average molecular weight is 395 g/mol. The summed E-state index contributed by atoms with van der Waals surface area (Å²) in [4.78, 5) is 25.7. The average Bonchev–Trinajstić information content (AvgIpc) is 2.96. The molecule has 0 unspecified atom stereocenters. The number of anilines is 1. The molecular weight excluding hydrogens is 376 g/mol. The summed E-state index contributed by atoms with van der Waals surface area (Å²) in [6, 6.07) is 15.4. The van der Waals surface area contributed by atoms with E-state index in [-0.39, 0.29) is 11.8 Å². The molecule has 4 rings (SSSR count). The molecule has 1 aromatic heterocycles. The van der Waals surface area contributed by atoms with E-state index in [2.05, 4.69) is 15.7 Å². The van der Waals surface area contributed by atoms with Crippen LogP contribution in [0.3, 0.4) is 0 Å². The van der Waals surface area contributed by atoms with Crippen LogP contribution in [0.25, 0.3) is 0 Å². The number of fused-ring (bicyclic) bond motifs is 1. The van der Waals surface area contributed by atoms with Crippen LogP contribution < -0.4 is 10.6 Å². The summed E-state index contributed by atoms with van der Waals surface area (Å²) in [7, 11) is 1.78. The third kappa shape index (κ3) is 3.16. The van der Waals surface area contributed by atoms with Gasteiger partial charge in [-0.25, -0.2) is 0 Å². The Morgan fingerprint density at radius 3 is 2.64 bits per heavy atom. The third-order valence-corrected chi connectivity index (χ3v) is 5.20. The number of hydrogen-bond acceptors (Lipinski definition) is 3. The molecule has 0 fully saturated rings. The lowest BCUT2D eigenvalue weighted by Gasteiger charge is -2.32. The molecule has 1 aliphatic heterocycles. The van der Waals surface area contributed by atoms with Crippen molar-refractivity contribution in [2.24, 2.45) is 7.05 Å². The third-order valence-electron chi connectivity index (χ3n) is 4.97. The van der Waals surface area contributed by atoms with E-state index in [1.54, 1.807) is 42.1 Å². The molecule has 3 aromatic rings. The van der Waals surface area contributed by atoms with E-state index in [1.807, 2.05) is 31.2 Å². The molecule has 6 nitrogen and oxygen atoms in total. The van der Waals surface area contributed by atoms with E-state index in [9.17, 15) is 9.59 Å². The van der Waals surface area contributed by atoms with E-state index >= 15 is 0 Å². The lowest BCUT2D eigenvalue weighted by atomic mass is 9.82. The molecule has 0 spiro atoms. The summed E-state index contributed by atoms with van der Waals surface area (Å²) in [6.45, 7) is 1.89. The Hall–Kier alpha value is -3.12. The van der Waals surface area contributed by atoms with Crippen LogP contribution in [0.2, 0.25) is 5.02 Å². The number of benzene rings is 2. The van der Waals surface area contributed by atoms with Crippen molar-refractivity contribution in [3.8, 4) is 0 Å². The molecule has 0 radical (unpaired) electrons. The van der Waals surface area contributed by atoms with Crippen molar-refractivity contribution >= 4 is 29.2 Å². The minimum Gasteiger partial charge on any atom is -0.339 e. The topological polar surface area (TPSA) is 76.0 Å². The summed E-state index contributed by atoms with van der Waals surface area (Å²) < 4.78 is 1.65. The molecule has 2 heterocycles. The molecule has 2 N–H and O–H groups in total. The number of carbonyl (C=O) groups is 2. The fourth-order valence-electron chi connectivity index (χ4n) is 3.73. The van der Waals surface area contributed by atoms with Gasteiger partial charge in [0.25, 0.3) is 5.91 Å². The fourth-order valence-corrected chi connectivity index (χ4v) is 3.93. The van der Waals surface area contributed by atoms with Gasteiger partial charge in [0.1, 0.15) is 11.9 Å². The van der Waals surface area contributed by atoms with E-state index in [1.165, 1.54) is 0 Å². The van der Waals surface area contributed by atoms with Crippen molar-refractivity contribution in [3.05, 3.63) is 82.0 Å². The van der Waals surface area contributed by atoms with Gasteiger partial charge in [0, 0.05) is 29.1 Å². The number of carbonyl (C=O) groups excluding carboxylic acids is 2. The lowest BCUT2D eigenvalue weighted by Crippen LogP contribution is -2.50. The molecule has 0 saturated carbocycles. The van der Waals surface area contributed by atoms with Gasteiger partial charge < -0.3 is 10.6 Å². The minimum absolute atomic E-state index is 0.287. The number of hydrogen-bond donors (Lipinski definition) is 2. The maximum absolute atomic E-state index is 13.0. The summed E-state index contributed by atoms with van der Waals surface area (Å²) >= 11 is 6.21. The van der Waals surface area contributed by atoms with Crippen molar-refractivity contribution in [2.45, 2.75) is 18.9 Å². The zero-order valence-corrected chi connectivity index (χ0v) is 16.2. The Labute approximate surface area is 167 Å². The van der Waals surface area contributed by atoms with E-state index in [0.29, 0.717) is 16.4 Å². The standard InChI is InChI=1S/C21H19ClN4O2/c1-12-16-17(14-9-6-10-15(22)11-14)18(21(28)24-19(16)26(2)25-12)23-20(27)13-7-4-3-5-8-13/h3-11,17-18H,1-2H3,(H,23,27)(H,24,28)/t17-,18+/m1/s1. The molecular formula is C21H19ClN4O2. The molecule has 2 amide bonds. The molecule has 1 aliphatic rings. The first-order chi connectivity index (χ1) is 13.5. The lowest BCUT2D eigenvalue weighted by molar-refractivity contribution is -0.118. The Balaban J connectivity index is 1.80. The quantitative estimate of drug-likeness (QED) is 0.715. The summed E-state index contributed by atoms with van der Waals surface area (Å²) in [5.41, 5.74) is 3.01. The predicted molar refractivity (Wildman–Crippen MR) is 108 cm³/mol. The van der Waals surface area contributed by atoms with Crippen LogP contribution in [-0.4, -0.2) is 27.6 Å². The van der Waals surface area contributed by atoms with Crippen molar-refractivity contribution in [1.82, 2.24) is 15.1 Å². The monoisotopic (exact) mass is 394 g/mol. The molecule has 0 aliphatic carbocycles. The molecule has 7 heteroatoms. The fraction of sp³-hybridized carbons (Fsp3) is 0.190. The Morgan fingerprint density at radius 2 is 1.93 bits per heavy atom. The largest absolute Gasteiger partial charge is 0.339 e. The summed E-state index contributed by atoms with van der Waals surface area (Å²) in [5.74, 6) is -0.357. The second-order valence-corrected chi connectivity index (χ2v) is 7.25. The molecule has 2 atom stereocenters. The first kappa shape index (κ1) is 18.3. The molecule has 0 saturated heterocycles. The maximum atomic E-state index is 13.0. The van der Waals surface area contributed by atoms with E-state index in [4.69, 9.17) is 11.6 Å². The molecule has 142 valence electrons. The zero-order valence-electron chi connectivity index (χ0n) is 15.4. The van der Waals surface area contributed by atoms with Crippen LogP contribution >= 0.6 is 11.6 Å². The van der Waals surface area contributed by atoms with Crippen LogP contribution in [0.5, 0.6) is 0 Å². The highest BCUT2D eigenvalue weighted by atomic mass is 35.5. The van der Waals surface area contributed by atoms with Crippen molar-refractivity contribution in [1.29, 1.82) is 0 Å². The zero-order chi connectivity index (χ0) is 19.8. The van der Waals surface area contributed by atoms with Gasteiger partial charge in [-0.2, -0.15) is 5.10 Å². The highest BCUT2D eigenvalue weighted by Gasteiger charge is 2.41. The molecule has 28 heavy (non-hydrogen) atoms. The Morgan fingerprint density at radius 1 is 1.18 bits per heavy atom. The maximum Gasteiger partial charge on any atom is 0.251 e. The number of aryl methyl sites for hydroxylation is 2. The second-order valence-electron chi connectivity index (χ2n) is 6.81. The molecule has 2 aromatic carbocycles. The van der Waals surface area contributed by atoms with Crippen molar-refractivity contribution in [2.75, 3.05) is 5.32 Å². The van der Waals surface area contributed by atoms with E-state index in [0.717, 1.165) is 16.8 Å². The van der Waals surface area contributed by atoms with Crippen molar-refractivity contribution < 1.29 is 9.59 Å². The van der Waals surface area contributed by atoms with Gasteiger partial charge >= 0.3 is 0 Å². The number of rotatable bonds is 3. The highest BCUT2D eigenvalue weighted by Crippen LogP contribution is 2.39. The minimum atomic E-state index is -0.790. The number of nitrogens with zero attached hydrogens (tertiary/aromatic N) is 2. The van der Waals surface area contributed by atoms with Crippen LogP contribution in [0, 0.1) is 6.92 Å². The smallest absolute Gasteiger partial charge is 0.251 e. The van der Waals surface area contributed by atoms with E-state index < -0.39 is 12.0 Å². The number of aromatic nitrogens is 2. The SMILES string of the molecule is Cc1nn(C)c2c1[C@@H](c1cccc(Cl)c1)[C@H](NC(=O)c1ccccc1)C(=O)N2. The van der Waals surface area contributed by atoms with Gasteiger partial charge in [-0.1, -0.05) is 41.9 Å². The van der Waals surface area contributed by atoms with Gasteiger partial charge in [0.05, 0.1) is 5.69 Å². The Bertz CT molecular complexity index is 1060. The van der Waals surface area contributed by atoms with Crippen LogP contribution in [0.4, 0.5) is 5.82 Å². The number of nitrogens with one attached hydrogen (secondary N) is 2. The van der Waals surface area contributed by atoms with Gasteiger partial charge in [-0.15, -0.1) is 0 Å². The van der Waals surface area contributed by atoms with Crippen LogP contribution in [0.15, 0.2) is 54.6 Å². The van der Waals surface area contributed by atoms with Gasteiger partial charge in [0.2, 0.25) is 5.91 Å². The first-order valence-electron chi connectivity index (χ1n) is 8.91. The summed E-state index contributed by atoms with van der Waals surface area (Å²) in [5, 5.41) is 10.8. The number of amides is 2. The highest BCUT2D eigenvalue weighted by molar-refractivity contribution is 6.30. The van der Waals surface area contributed by atoms with Crippen LogP contribution in [-0.2, 0) is 11.8 Å². The number of halogens is 1. The van der Waals surface area contributed by atoms with Gasteiger partial charge in [0.15, 0.2) is 0 Å². The predicted octanol–water partition coefficient (Wildman–Crippen LogP) is 3.26. The summed E-state index contributed by atoms with van der Waals surface area (Å²) in [6.07, 6.45) is 0. The molecule has 0 bridgehead atoms. The normalized spacial score (nSPS) is 18.3. The van der Waals surface area contributed by atoms with Gasteiger partial charge in [-0.05, 0) is 36.8 Å². The van der Waals surface area contributed by atoms with Crippen LogP contribution in [0.1, 0.15) is 33.1 Å². The first-order valence-corrected chi connectivity index (χ1v) is 9.29. The van der Waals surface area contributed by atoms with Gasteiger partial charge in [-0.3, -0.25) is 14.3 Å². The van der Waals surface area contributed by atoms with Crippen molar-refractivity contribution in [3.63, 3.8) is 0 Å². The second kappa shape index (κ2) is 7.13.